The molecule has 0 aliphatic rings. The maximum absolute atomic E-state index is 9.81. The van der Waals surface area contributed by atoms with E-state index in [-0.39, 0.29) is 13.2 Å². The molecule has 0 rings (SSSR count). The molecule has 0 saturated heterocycles. The Kier molecular flexibility index (Phi) is 5.71. The van der Waals surface area contributed by atoms with E-state index in [0.717, 1.165) is 0 Å². The normalized spacial score (nSPS) is 10.5. The number of aliphatic hydroxyl groups is 1. The number of hydrogen-bond donors (Lipinski definition) is 2. The Labute approximate surface area is 59.2 Å². The number of carbonyl (C=O) groups excluding carboxylic acids is 1. The molecule has 0 aliphatic carbocycles. The van der Waals surface area contributed by atoms with Gasteiger partial charge in [-0.1, -0.05) is 0 Å². The highest BCUT2D eigenvalue weighted by molar-refractivity contribution is 5.64. The van der Waals surface area contributed by atoms with Crippen LogP contribution in [0.25, 0.3) is 0 Å². The summed E-state index contributed by atoms with van der Waals surface area (Å²) in [7, 11) is 0. The standard InChI is InChI=1S/C6H11NO3/c8-4-2-1-3-7-5-6(9)10/h1,3,7-8H,2,4-5H2,(H,9,10)/b3-1+. The van der Waals surface area contributed by atoms with Crippen molar-refractivity contribution in [2.24, 2.45) is 0 Å². The zero-order valence-electron chi connectivity index (χ0n) is 5.62. The minimum atomic E-state index is -1.09. The van der Waals surface area contributed by atoms with Crippen LogP contribution >= 0.6 is 0 Å². The molecule has 0 fully saturated rings. The van der Waals surface area contributed by atoms with Gasteiger partial charge < -0.3 is 20.3 Å². The Morgan fingerprint density at radius 1 is 1.70 bits per heavy atom. The van der Waals surface area contributed by atoms with Gasteiger partial charge in [-0.2, -0.15) is 0 Å². The second-order valence-electron chi connectivity index (χ2n) is 1.75. The molecule has 4 nitrogen and oxygen atoms in total. The van der Waals surface area contributed by atoms with Crippen molar-refractivity contribution in [1.29, 1.82) is 0 Å². The molecule has 0 aliphatic heterocycles. The number of quaternary nitrogens is 1. The summed E-state index contributed by atoms with van der Waals surface area (Å²) in [6.45, 7) is 0.0254. The van der Waals surface area contributed by atoms with Crippen LogP contribution in [0.2, 0.25) is 0 Å². The SMILES string of the molecule is O=C([O-])C[NH2+]/C=C/CCO. The van der Waals surface area contributed by atoms with E-state index < -0.39 is 5.97 Å². The maximum atomic E-state index is 9.81. The van der Waals surface area contributed by atoms with Crippen LogP contribution in [0.1, 0.15) is 6.42 Å². The van der Waals surface area contributed by atoms with E-state index in [1.807, 2.05) is 0 Å². The molecular weight excluding hydrogens is 134 g/mol. The third-order valence-corrected chi connectivity index (χ3v) is 0.852. The third-order valence-electron chi connectivity index (χ3n) is 0.852. The van der Waals surface area contributed by atoms with Gasteiger partial charge in [-0.15, -0.1) is 0 Å². The lowest BCUT2D eigenvalue weighted by Gasteiger charge is -1.94. The van der Waals surface area contributed by atoms with Crippen molar-refractivity contribution >= 4 is 5.97 Å². The largest absolute Gasteiger partial charge is 0.544 e. The number of aliphatic carboxylic acids is 1. The zero-order valence-corrected chi connectivity index (χ0v) is 5.62. The van der Waals surface area contributed by atoms with E-state index in [4.69, 9.17) is 5.11 Å². The van der Waals surface area contributed by atoms with E-state index in [2.05, 4.69) is 0 Å². The zero-order chi connectivity index (χ0) is 7.82. The van der Waals surface area contributed by atoms with Gasteiger partial charge in [0, 0.05) is 6.61 Å². The van der Waals surface area contributed by atoms with Crippen LogP contribution in [0.4, 0.5) is 0 Å². The highest BCUT2D eigenvalue weighted by Gasteiger charge is 1.82. The number of carbonyl (C=O) groups is 1. The van der Waals surface area contributed by atoms with E-state index in [1.54, 1.807) is 12.3 Å². The highest BCUT2D eigenvalue weighted by Crippen LogP contribution is 1.72. The fraction of sp³-hybridized carbons (Fsp3) is 0.500. The number of rotatable bonds is 5. The quantitative estimate of drug-likeness (QED) is 0.438. The number of carboxylic acid groups (broad SMARTS) is 1. The van der Waals surface area contributed by atoms with Gasteiger partial charge in [0.15, 0.2) is 0 Å². The van der Waals surface area contributed by atoms with Crippen LogP contribution in [0.15, 0.2) is 12.3 Å². The lowest BCUT2D eigenvalue weighted by Crippen LogP contribution is -2.81. The van der Waals surface area contributed by atoms with Crippen LogP contribution in [-0.4, -0.2) is 24.2 Å². The number of carboxylic acids is 1. The Morgan fingerprint density at radius 3 is 2.90 bits per heavy atom. The van der Waals surface area contributed by atoms with Crippen molar-refractivity contribution < 1.29 is 20.3 Å². The average molecular weight is 145 g/mol. The molecule has 4 heteroatoms. The van der Waals surface area contributed by atoms with Crippen LogP contribution in [-0.2, 0) is 4.79 Å². The summed E-state index contributed by atoms with van der Waals surface area (Å²) in [4.78, 5) is 9.81. The summed E-state index contributed by atoms with van der Waals surface area (Å²) < 4.78 is 0. The van der Waals surface area contributed by atoms with E-state index in [9.17, 15) is 9.90 Å². The van der Waals surface area contributed by atoms with Crippen LogP contribution < -0.4 is 10.4 Å². The topological polar surface area (TPSA) is 77.0 Å². The summed E-state index contributed by atoms with van der Waals surface area (Å²) in [5.74, 6) is -1.09. The Balaban J connectivity index is 3.10. The van der Waals surface area contributed by atoms with Gasteiger partial charge in [-0.25, -0.2) is 0 Å². The smallest absolute Gasteiger partial charge is 0.120 e. The van der Waals surface area contributed by atoms with Gasteiger partial charge in [0.05, 0.1) is 12.2 Å². The first-order valence-electron chi connectivity index (χ1n) is 3.06. The van der Waals surface area contributed by atoms with Crippen molar-refractivity contribution in [2.45, 2.75) is 6.42 Å². The molecule has 58 valence electrons. The molecular formula is C6H11NO3. The van der Waals surface area contributed by atoms with E-state index in [0.29, 0.717) is 6.42 Å². The van der Waals surface area contributed by atoms with Crippen LogP contribution in [0, 0.1) is 0 Å². The average Bonchev–Trinajstić information content (AvgIpc) is 1.87. The van der Waals surface area contributed by atoms with Crippen molar-refractivity contribution in [1.82, 2.24) is 0 Å². The first-order chi connectivity index (χ1) is 4.77. The fourth-order valence-corrected chi connectivity index (χ4v) is 0.431. The molecule has 0 saturated carbocycles. The molecule has 0 aromatic carbocycles. The monoisotopic (exact) mass is 145 g/mol. The van der Waals surface area contributed by atoms with E-state index >= 15 is 0 Å². The van der Waals surface area contributed by atoms with Gasteiger partial charge in [0.2, 0.25) is 0 Å². The minimum Gasteiger partial charge on any atom is -0.544 e. The predicted octanol–water partition coefficient (Wildman–Crippen LogP) is -2.80. The van der Waals surface area contributed by atoms with Gasteiger partial charge in [0.25, 0.3) is 0 Å². The van der Waals surface area contributed by atoms with Crippen molar-refractivity contribution in [3.05, 3.63) is 12.3 Å². The van der Waals surface area contributed by atoms with Crippen LogP contribution in [0.3, 0.4) is 0 Å². The lowest BCUT2D eigenvalue weighted by atomic mass is 10.4. The summed E-state index contributed by atoms with van der Waals surface area (Å²) in [5, 5.41) is 19.6. The molecule has 0 aromatic rings. The second-order valence-corrected chi connectivity index (χ2v) is 1.75. The number of aliphatic hydroxyl groups excluding tert-OH is 1. The predicted molar refractivity (Wildman–Crippen MR) is 32.6 cm³/mol. The molecule has 0 unspecified atom stereocenters. The fourth-order valence-electron chi connectivity index (χ4n) is 0.431. The first-order valence-corrected chi connectivity index (χ1v) is 3.06. The minimum absolute atomic E-state index is 0.0675. The molecule has 10 heavy (non-hydrogen) atoms. The summed E-state index contributed by atoms with van der Waals surface area (Å²) in [5.41, 5.74) is 0. The molecule has 0 spiro atoms. The molecule has 0 radical (unpaired) electrons. The summed E-state index contributed by atoms with van der Waals surface area (Å²) in [6.07, 6.45) is 3.86. The summed E-state index contributed by atoms with van der Waals surface area (Å²) in [6, 6.07) is 0. The van der Waals surface area contributed by atoms with Gasteiger partial charge >= 0.3 is 0 Å². The summed E-state index contributed by atoms with van der Waals surface area (Å²) >= 11 is 0. The first kappa shape index (κ1) is 9.13. The Morgan fingerprint density at radius 2 is 2.40 bits per heavy atom. The Hall–Kier alpha value is -0.870. The second kappa shape index (κ2) is 6.25. The third kappa shape index (κ3) is 7.13. The maximum Gasteiger partial charge on any atom is 0.120 e. The Bertz CT molecular complexity index is 122. The van der Waals surface area contributed by atoms with Gasteiger partial charge in [-0.3, -0.25) is 0 Å². The molecule has 0 atom stereocenters. The van der Waals surface area contributed by atoms with Crippen molar-refractivity contribution in [2.75, 3.05) is 13.2 Å². The van der Waals surface area contributed by atoms with Crippen LogP contribution in [0.5, 0.6) is 0 Å². The highest BCUT2D eigenvalue weighted by atomic mass is 16.4. The van der Waals surface area contributed by atoms with Crippen molar-refractivity contribution in [3.8, 4) is 0 Å². The lowest BCUT2D eigenvalue weighted by molar-refractivity contribution is -0.585. The molecule has 3 N–H and O–H groups in total. The van der Waals surface area contributed by atoms with Crippen molar-refractivity contribution in [3.63, 3.8) is 0 Å². The van der Waals surface area contributed by atoms with Gasteiger partial charge in [0.1, 0.15) is 6.54 Å². The molecule has 0 aromatic heterocycles. The number of nitrogens with two attached hydrogens (primary N) is 1. The molecule has 0 bridgehead atoms. The molecule has 0 heterocycles. The number of hydrogen-bond acceptors (Lipinski definition) is 3. The molecule has 0 amide bonds. The van der Waals surface area contributed by atoms with Gasteiger partial charge in [-0.05, 0) is 12.5 Å². The van der Waals surface area contributed by atoms with E-state index in [1.165, 1.54) is 5.32 Å².